The summed E-state index contributed by atoms with van der Waals surface area (Å²) in [6, 6.07) is 4.02. The number of hydrogen-bond acceptors (Lipinski definition) is 4. The lowest BCUT2D eigenvalue weighted by atomic mass is 9.81. The summed E-state index contributed by atoms with van der Waals surface area (Å²) >= 11 is 3.55. The van der Waals surface area contributed by atoms with E-state index in [1.54, 1.807) is 7.11 Å². The van der Waals surface area contributed by atoms with Crippen molar-refractivity contribution in [3.63, 3.8) is 0 Å². The number of likely N-dealkylation sites (tertiary alicyclic amines) is 1. The van der Waals surface area contributed by atoms with Crippen molar-refractivity contribution in [1.82, 2.24) is 4.90 Å². The Balaban J connectivity index is 1.78. The first-order chi connectivity index (χ1) is 11.5. The van der Waals surface area contributed by atoms with Gasteiger partial charge >= 0.3 is 5.97 Å². The highest BCUT2D eigenvalue weighted by atomic mass is 79.9. The van der Waals surface area contributed by atoms with E-state index in [1.165, 1.54) is 0 Å². The molecule has 0 amide bonds. The standard InChI is InChI=1S/C18H24BrNO4/c1-3-24-16-14(19)7-12(8-15(16)23-2)9-20-10-13-5-4-6-18(13,11-20)17(21)22/h7-8,13H,3-6,9-11H2,1-2H3,(H,21,22)/t13-,18+/m0/s1. The number of carboxylic acid groups (broad SMARTS) is 1. The molecule has 0 spiro atoms. The molecule has 2 aliphatic rings. The van der Waals surface area contributed by atoms with Crippen LogP contribution in [-0.4, -0.2) is 42.8 Å². The highest BCUT2D eigenvalue weighted by Crippen LogP contribution is 2.49. The second-order valence-corrected chi connectivity index (χ2v) is 7.62. The number of aliphatic carboxylic acids is 1. The number of ether oxygens (including phenoxy) is 2. The molecule has 0 radical (unpaired) electrons. The molecule has 6 heteroatoms. The number of hydrogen-bond donors (Lipinski definition) is 1. The van der Waals surface area contributed by atoms with Crippen molar-refractivity contribution in [3.05, 3.63) is 22.2 Å². The molecule has 5 nitrogen and oxygen atoms in total. The van der Waals surface area contributed by atoms with Crippen molar-refractivity contribution in [3.8, 4) is 11.5 Å². The molecule has 1 saturated carbocycles. The SMILES string of the molecule is CCOc1c(Br)cc(CN2C[C@@H]3CCC[C@@]3(C(=O)O)C2)cc1OC. The van der Waals surface area contributed by atoms with Crippen molar-refractivity contribution in [2.24, 2.45) is 11.3 Å². The van der Waals surface area contributed by atoms with E-state index in [0.717, 1.165) is 42.4 Å². The van der Waals surface area contributed by atoms with E-state index in [0.29, 0.717) is 24.7 Å². The van der Waals surface area contributed by atoms with E-state index in [9.17, 15) is 9.90 Å². The number of halogens is 1. The Bertz CT molecular complexity index is 636. The third-order valence-electron chi connectivity index (χ3n) is 5.35. The Hall–Kier alpha value is -1.27. The largest absolute Gasteiger partial charge is 0.493 e. The zero-order valence-corrected chi connectivity index (χ0v) is 15.8. The molecule has 132 valence electrons. The molecule has 2 fully saturated rings. The summed E-state index contributed by atoms with van der Waals surface area (Å²) in [5.41, 5.74) is 0.565. The molecule has 1 heterocycles. The molecule has 0 bridgehead atoms. The Morgan fingerprint density at radius 3 is 2.92 bits per heavy atom. The Kier molecular flexibility index (Phi) is 5.06. The van der Waals surface area contributed by atoms with Crippen LogP contribution in [0.4, 0.5) is 0 Å². The van der Waals surface area contributed by atoms with Crippen LogP contribution in [0.2, 0.25) is 0 Å². The minimum Gasteiger partial charge on any atom is -0.493 e. The van der Waals surface area contributed by atoms with Crippen LogP contribution < -0.4 is 9.47 Å². The van der Waals surface area contributed by atoms with Gasteiger partial charge in [0.1, 0.15) is 0 Å². The summed E-state index contributed by atoms with van der Waals surface area (Å²) in [4.78, 5) is 14.1. The first kappa shape index (κ1) is 17.5. The minimum atomic E-state index is -0.627. The van der Waals surface area contributed by atoms with Gasteiger partial charge in [-0.2, -0.15) is 0 Å². The summed E-state index contributed by atoms with van der Waals surface area (Å²) in [5, 5.41) is 9.71. The van der Waals surface area contributed by atoms with Crippen molar-refractivity contribution in [2.45, 2.75) is 32.7 Å². The molecule has 1 N–H and O–H groups in total. The molecule has 1 aromatic carbocycles. The lowest BCUT2D eigenvalue weighted by molar-refractivity contribution is -0.149. The van der Waals surface area contributed by atoms with Gasteiger partial charge in [0.25, 0.3) is 0 Å². The van der Waals surface area contributed by atoms with Gasteiger partial charge in [-0.1, -0.05) is 6.42 Å². The first-order valence-corrected chi connectivity index (χ1v) is 9.24. The number of benzene rings is 1. The Morgan fingerprint density at radius 1 is 1.50 bits per heavy atom. The number of carboxylic acids is 1. The van der Waals surface area contributed by atoms with Crippen LogP contribution in [0, 0.1) is 11.3 Å². The van der Waals surface area contributed by atoms with Crippen molar-refractivity contribution in [2.75, 3.05) is 26.8 Å². The topological polar surface area (TPSA) is 59.0 Å². The van der Waals surface area contributed by atoms with Gasteiger partial charge in [-0.25, -0.2) is 0 Å². The summed E-state index contributed by atoms with van der Waals surface area (Å²) < 4.78 is 11.9. The molecule has 24 heavy (non-hydrogen) atoms. The lowest BCUT2D eigenvalue weighted by Crippen LogP contribution is -2.35. The van der Waals surface area contributed by atoms with Gasteiger partial charge in [-0.3, -0.25) is 9.69 Å². The normalized spacial score (nSPS) is 26.4. The number of fused-ring (bicyclic) bond motifs is 1. The molecular formula is C18H24BrNO4. The van der Waals surface area contributed by atoms with Crippen LogP contribution in [-0.2, 0) is 11.3 Å². The average Bonchev–Trinajstić information content (AvgIpc) is 3.07. The van der Waals surface area contributed by atoms with Crippen LogP contribution in [0.15, 0.2) is 16.6 Å². The highest BCUT2D eigenvalue weighted by molar-refractivity contribution is 9.10. The third-order valence-corrected chi connectivity index (χ3v) is 5.94. The maximum atomic E-state index is 11.8. The van der Waals surface area contributed by atoms with Crippen LogP contribution >= 0.6 is 15.9 Å². The van der Waals surface area contributed by atoms with Gasteiger partial charge in [0.2, 0.25) is 0 Å². The number of rotatable bonds is 6. The summed E-state index contributed by atoms with van der Waals surface area (Å²) in [5.74, 6) is 1.07. The van der Waals surface area contributed by atoms with Crippen LogP contribution in [0.1, 0.15) is 31.7 Å². The fourth-order valence-corrected chi connectivity index (χ4v) is 4.87. The molecular weight excluding hydrogens is 374 g/mol. The van der Waals surface area contributed by atoms with Crippen molar-refractivity contribution in [1.29, 1.82) is 0 Å². The number of carbonyl (C=O) groups is 1. The molecule has 0 unspecified atom stereocenters. The maximum Gasteiger partial charge on any atom is 0.311 e. The van der Waals surface area contributed by atoms with Gasteiger partial charge < -0.3 is 14.6 Å². The van der Waals surface area contributed by atoms with Crippen molar-refractivity contribution < 1.29 is 19.4 Å². The lowest BCUT2D eigenvalue weighted by Gasteiger charge is -2.23. The van der Waals surface area contributed by atoms with Crippen LogP contribution in [0.5, 0.6) is 11.5 Å². The smallest absolute Gasteiger partial charge is 0.311 e. The highest BCUT2D eigenvalue weighted by Gasteiger charge is 2.54. The van der Waals surface area contributed by atoms with E-state index < -0.39 is 11.4 Å². The van der Waals surface area contributed by atoms with E-state index in [2.05, 4.69) is 20.8 Å². The van der Waals surface area contributed by atoms with E-state index in [-0.39, 0.29) is 5.92 Å². The molecule has 1 aromatic rings. The zero-order chi connectivity index (χ0) is 17.3. The van der Waals surface area contributed by atoms with Crippen LogP contribution in [0.3, 0.4) is 0 Å². The summed E-state index contributed by atoms with van der Waals surface area (Å²) in [7, 11) is 1.63. The van der Waals surface area contributed by atoms with E-state index in [1.807, 2.05) is 19.1 Å². The quantitative estimate of drug-likeness (QED) is 0.795. The maximum absolute atomic E-state index is 11.8. The van der Waals surface area contributed by atoms with Gasteiger partial charge in [0.05, 0.1) is 23.6 Å². The molecule has 1 saturated heterocycles. The predicted molar refractivity (Wildman–Crippen MR) is 94.5 cm³/mol. The molecule has 1 aliphatic heterocycles. The Morgan fingerprint density at radius 2 is 2.29 bits per heavy atom. The predicted octanol–water partition coefficient (Wildman–Crippen LogP) is 3.54. The second kappa shape index (κ2) is 6.92. The van der Waals surface area contributed by atoms with Gasteiger partial charge in [-0.15, -0.1) is 0 Å². The second-order valence-electron chi connectivity index (χ2n) is 6.76. The number of methoxy groups -OCH3 is 1. The van der Waals surface area contributed by atoms with Crippen molar-refractivity contribution >= 4 is 21.9 Å². The molecule has 2 atom stereocenters. The van der Waals surface area contributed by atoms with Gasteiger partial charge in [-0.05, 0) is 59.3 Å². The minimum absolute atomic E-state index is 0.281. The average molecular weight is 398 g/mol. The first-order valence-electron chi connectivity index (χ1n) is 8.45. The summed E-state index contributed by atoms with van der Waals surface area (Å²) in [6.07, 6.45) is 2.87. The fraction of sp³-hybridized carbons (Fsp3) is 0.611. The summed E-state index contributed by atoms with van der Waals surface area (Å²) in [6.45, 7) is 4.74. The van der Waals surface area contributed by atoms with Gasteiger partial charge in [0.15, 0.2) is 11.5 Å². The number of nitrogens with zero attached hydrogens (tertiary/aromatic N) is 1. The fourth-order valence-electron chi connectivity index (χ4n) is 4.27. The van der Waals surface area contributed by atoms with E-state index >= 15 is 0 Å². The zero-order valence-electron chi connectivity index (χ0n) is 14.2. The Labute approximate surface area is 151 Å². The molecule has 3 rings (SSSR count). The molecule has 0 aromatic heterocycles. The third kappa shape index (κ3) is 3.02. The van der Waals surface area contributed by atoms with Gasteiger partial charge in [0, 0.05) is 19.6 Å². The monoisotopic (exact) mass is 397 g/mol. The molecule has 1 aliphatic carbocycles. The van der Waals surface area contributed by atoms with E-state index in [4.69, 9.17) is 9.47 Å². The van der Waals surface area contributed by atoms with Crippen LogP contribution in [0.25, 0.3) is 0 Å².